The third-order valence-corrected chi connectivity index (χ3v) is 4.80. The summed E-state index contributed by atoms with van der Waals surface area (Å²) in [4.78, 5) is 30.5. The standard InChI is InChI=1S/C19H19N3O2.C2H6/c23-18-14-7-1-2-8-15(14)19(24)22(18)12-11-20-16-9-3-5-13-6-4-10-21-17(13)16;1-2/h1-2,4,6-8,10,16,20H,3,5,9,11-12H2;1-2H3. The summed E-state index contributed by atoms with van der Waals surface area (Å²) in [5.74, 6) is -0.390. The van der Waals surface area contributed by atoms with Crippen molar-refractivity contribution in [2.45, 2.75) is 39.2 Å². The lowest BCUT2D eigenvalue weighted by Crippen LogP contribution is -2.38. The van der Waals surface area contributed by atoms with E-state index in [9.17, 15) is 9.59 Å². The normalized spacial score (nSPS) is 18.1. The Morgan fingerprint density at radius 2 is 1.77 bits per heavy atom. The lowest BCUT2D eigenvalue weighted by atomic mass is 9.92. The largest absolute Gasteiger partial charge is 0.307 e. The van der Waals surface area contributed by atoms with Crippen LogP contribution in [0.2, 0.25) is 0 Å². The molecule has 0 radical (unpaired) electrons. The number of pyridine rings is 1. The van der Waals surface area contributed by atoms with E-state index >= 15 is 0 Å². The molecule has 2 aliphatic rings. The Hall–Kier alpha value is -2.53. The molecule has 26 heavy (non-hydrogen) atoms. The van der Waals surface area contributed by atoms with Crippen LogP contribution in [-0.2, 0) is 6.42 Å². The fraction of sp³-hybridized carbons (Fsp3) is 0.381. The van der Waals surface area contributed by atoms with Crippen LogP contribution in [0.3, 0.4) is 0 Å². The molecule has 1 atom stereocenters. The number of aromatic nitrogens is 1. The zero-order valence-corrected chi connectivity index (χ0v) is 15.4. The molecule has 5 nitrogen and oxygen atoms in total. The number of benzene rings is 1. The molecule has 0 spiro atoms. The quantitative estimate of drug-likeness (QED) is 0.858. The fourth-order valence-corrected chi connectivity index (χ4v) is 3.60. The molecule has 2 aromatic rings. The van der Waals surface area contributed by atoms with Crippen molar-refractivity contribution in [3.05, 3.63) is 65.0 Å². The van der Waals surface area contributed by atoms with Gasteiger partial charge in [-0.15, -0.1) is 0 Å². The Kier molecular flexibility index (Phi) is 5.78. The summed E-state index contributed by atoms with van der Waals surface area (Å²) in [5, 5.41) is 3.46. The fourth-order valence-electron chi connectivity index (χ4n) is 3.60. The SMILES string of the molecule is CC.O=C1c2ccccc2C(=O)N1CCNC1CCCc2cccnc21. The van der Waals surface area contributed by atoms with Gasteiger partial charge in [0.05, 0.1) is 16.8 Å². The highest BCUT2D eigenvalue weighted by Gasteiger charge is 2.34. The van der Waals surface area contributed by atoms with E-state index in [0.717, 1.165) is 25.0 Å². The van der Waals surface area contributed by atoms with Gasteiger partial charge in [-0.1, -0.05) is 32.0 Å². The number of rotatable bonds is 4. The number of aryl methyl sites for hydroxylation is 1. The summed E-state index contributed by atoms with van der Waals surface area (Å²) in [7, 11) is 0. The first-order valence-electron chi connectivity index (χ1n) is 9.38. The van der Waals surface area contributed by atoms with Crippen molar-refractivity contribution in [2.75, 3.05) is 13.1 Å². The second-order valence-corrected chi connectivity index (χ2v) is 6.25. The average molecular weight is 351 g/mol. The lowest BCUT2D eigenvalue weighted by molar-refractivity contribution is 0.0654. The first-order chi connectivity index (χ1) is 12.8. The highest BCUT2D eigenvalue weighted by molar-refractivity contribution is 6.21. The third-order valence-electron chi connectivity index (χ3n) is 4.80. The van der Waals surface area contributed by atoms with E-state index in [-0.39, 0.29) is 17.9 Å². The maximum atomic E-state index is 12.4. The van der Waals surface area contributed by atoms with Crippen molar-refractivity contribution in [3.8, 4) is 0 Å². The maximum Gasteiger partial charge on any atom is 0.261 e. The molecule has 0 bridgehead atoms. The third kappa shape index (κ3) is 3.40. The average Bonchev–Trinajstić information content (AvgIpc) is 2.95. The van der Waals surface area contributed by atoms with E-state index in [1.54, 1.807) is 24.3 Å². The van der Waals surface area contributed by atoms with E-state index in [0.29, 0.717) is 24.2 Å². The van der Waals surface area contributed by atoms with Gasteiger partial charge in [-0.05, 0) is 43.0 Å². The van der Waals surface area contributed by atoms with Crippen LogP contribution in [0, 0.1) is 0 Å². The molecule has 1 N–H and O–H groups in total. The first-order valence-corrected chi connectivity index (χ1v) is 9.38. The van der Waals surface area contributed by atoms with Crippen molar-refractivity contribution in [1.29, 1.82) is 0 Å². The number of fused-ring (bicyclic) bond motifs is 2. The molecular weight excluding hydrogens is 326 g/mol. The van der Waals surface area contributed by atoms with Gasteiger partial charge in [0.15, 0.2) is 0 Å². The molecule has 2 amide bonds. The Bertz CT molecular complexity index is 768. The lowest BCUT2D eigenvalue weighted by Gasteiger charge is -2.26. The van der Waals surface area contributed by atoms with Gasteiger partial charge in [-0.25, -0.2) is 0 Å². The monoisotopic (exact) mass is 351 g/mol. The minimum atomic E-state index is -0.195. The zero-order valence-electron chi connectivity index (χ0n) is 15.4. The van der Waals surface area contributed by atoms with E-state index in [4.69, 9.17) is 0 Å². The summed E-state index contributed by atoms with van der Waals surface area (Å²) >= 11 is 0. The molecular formula is C21H25N3O2. The Morgan fingerprint density at radius 1 is 1.08 bits per heavy atom. The van der Waals surface area contributed by atoms with E-state index < -0.39 is 0 Å². The molecule has 136 valence electrons. The number of nitrogens with one attached hydrogen (secondary N) is 1. The summed E-state index contributed by atoms with van der Waals surface area (Å²) in [6.07, 6.45) is 5.05. The predicted molar refractivity (Wildman–Crippen MR) is 101 cm³/mol. The molecule has 1 aromatic heterocycles. The number of carbonyl (C=O) groups excluding carboxylic acids is 2. The second kappa shape index (κ2) is 8.23. The van der Waals surface area contributed by atoms with E-state index in [1.807, 2.05) is 26.1 Å². The molecule has 1 aliphatic heterocycles. The van der Waals surface area contributed by atoms with Gasteiger partial charge in [0, 0.05) is 25.3 Å². The molecule has 1 aromatic carbocycles. The number of nitrogens with zero attached hydrogens (tertiary/aromatic N) is 2. The Morgan fingerprint density at radius 3 is 2.46 bits per heavy atom. The highest BCUT2D eigenvalue weighted by Crippen LogP contribution is 2.27. The summed E-state index contributed by atoms with van der Waals surface area (Å²) in [6, 6.07) is 11.3. The molecule has 2 heterocycles. The van der Waals surface area contributed by atoms with Gasteiger partial charge < -0.3 is 5.32 Å². The predicted octanol–water partition coefficient (Wildman–Crippen LogP) is 3.37. The van der Waals surface area contributed by atoms with Crippen molar-refractivity contribution in [3.63, 3.8) is 0 Å². The van der Waals surface area contributed by atoms with Crippen LogP contribution in [0.5, 0.6) is 0 Å². The minimum absolute atomic E-state index is 0.195. The van der Waals surface area contributed by atoms with Crippen LogP contribution in [0.1, 0.15) is 64.7 Å². The van der Waals surface area contributed by atoms with Crippen LogP contribution < -0.4 is 5.32 Å². The van der Waals surface area contributed by atoms with Crippen LogP contribution in [0.15, 0.2) is 42.6 Å². The molecule has 0 saturated carbocycles. The number of hydrogen-bond donors (Lipinski definition) is 1. The summed E-state index contributed by atoms with van der Waals surface area (Å²) in [6.45, 7) is 4.96. The maximum absolute atomic E-state index is 12.4. The van der Waals surface area contributed by atoms with Gasteiger partial charge in [0.2, 0.25) is 0 Å². The van der Waals surface area contributed by atoms with Crippen molar-refractivity contribution >= 4 is 11.8 Å². The van der Waals surface area contributed by atoms with Crippen molar-refractivity contribution in [1.82, 2.24) is 15.2 Å². The number of amides is 2. The Balaban J connectivity index is 0.000000948. The van der Waals surface area contributed by atoms with Crippen LogP contribution in [0.25, 0.3) is 0 Å². The molecule has 0 fully saturated rings. The number of carbonyl (C=O) groups is 2. The molecule has 1 aliphatic carbocycles. The summed E-state index contributed by atoms with van der Waals surface area (Å²) < 4.78 is 0. The highest BCUT2D eigenvalue weighted by atomic mass is 16.2. The topological polar surface area (TPSA) is 62.3 Å². The van der Waals surface area contributed by atoms with Crippen molar-refractivity contribution in [2.24, 2.45) is 0 Å². The van der Waals surface area contributed by atoms with Crippen LogP contribution in [0.4, 0.5) is 0 Å². The van der Waals surface area contributed by atoms with Crippen LogP contribution >= 0.6 is 0 Å². The molecule has 5 heteroatoms. The van der Waals surface area contributed by atoms with Gasteiger partial charge in [0.1, 0.15) is 0 Å². The Labute approximate surface area is 154 Å². The van der Waals surface area contributed by atoms with E-state index in [2.05, 4.69) is 16.4 Å². The number of hydrogen-bond acceptors (Lipinski definition) is 4. The van der Waals surface area contributed by atoms with Crippen LogP contribution in [-0.4, -0.2) is 34.8 Å². The minimum Gasteiger partial charge on any atom is -0.307 e. The van der Waals surface area contributed by atoms with Crippen molar-refractivity contribution < 1.29 is 9.59 Å². The number of imide groups is 1. The molecule has 1 unspecified atom stereocenters. The molecule has 4 rings (SSSR count). The zero-order chi connectivity index (χ0) is 18.5. The van der Waals surface area contributed by atoms with E-state index in [1.165, 1.54) is 10.5 Å². The second-order valence-electron chi connectivity index (χ2n) is 6.25. The van der Waals surface area contributed by atoms with Gasteiger partial charge in [-0.2, -0.15) is 0 Å². The molecule has 0 saturated heterocycles. The van der Waals surface area contributed by atoms with Gasteiger partial charge >= 0.3 is 0 Å². The smallest absolute Gasteiger partial charge is 0.261 e. The summed E-state index contributed by atoms with van der Waals surface area (Å²) in [5.41, 5.74) is 3.41. The first kappa shape index (κ1) is 18.3. The van der Waals surface area contributed by atoms with Gasteiger partial charge in [0.25, 0.3) is 11.8 Å². The van der Waals surface area contributed by atoms with Gasteiger partial charge in [-0.3, -0.25) is 19.5 Å².